The third kappa shape index (κ3) is 2.29. The topological polar surface area (TPSA) is 68.5 Å². The lowest BCUT2D eigenvalue weighted by molar-refractivity contribution is 0.145. The zero-order valence-electron chi connectivity index (χ0n) is 10.3. The van der Waals surface area contributed by atoms with Gasteiger partial charge in [0.2, 0.25) is 0 Å². The zero-order chi connectivity index (χ0) is 13.4. The van der Waals surface area contributed by atoms with Crippen LogP contribution in [0.3, 0.4) is 0 Å². The summed E-state index contributed by atoms with van der Waals surface area (Å²) in [7, 11) is 0. The molecule has 2 N–H and O–H groups in total. The molecule has 1 amide bonds. The largest absolute Gasteiger partial charge is 0.443 e. The predicted octanol–water partition coefficient (Wildman–Crippen LogP) is 2.30. The van der Waals surface area contributed by atoms with Crippen molar-refractivity contribution in [1.82, 2.24) is 4.98 Å². The molecule has 2 heterocycles. The van der Waals surface area contributed by atoms with Gasteiger partial charge in [0.25, 0.3) is 0 Å². The molecule has 100 valence electrons. The number of nitrogens with two attached hydrogens (primary N) is 1. The van der Waals surface area contributed by atoms with E-state index in [1.165, 1.54) is 0 Å². The van der Waals surface area contributed by atoms with Crippen molar-refractivity contribution in [2.45, 2.75) is 10.4 Å². The second-order valence-corrected chi connectivity index (χ2v) is 6.27. The number of ether oxygens (including phenoxy) is 1. The van der Waals surface area contributed by atoms with Gasteiger partial charge in [0, 0.05) is 12.2 Å². The molecule has 0 unspecified atom stereocenters. The maximum Gasteiger partial charge on any atom is 0.414 e. The molecule has 2 aromatic rings. The SMILES string of the molecule is CSc1nc2ccc(N3C[C@H](CN)OC3=O)cc2s1. The molecule has 0 aliphatic carbocycles. The predicted molar refractivity (Wildman–Crippen MR) is 78.1 cm³/mol. The summed E-state index contributed by atoms with van der Waals surface area (Å²) in [5, 5.41) is 0. The molecule has 7 heteroatoms. The van der Waals surface area contributed by atoms with Gasteiger partial charge < -0.3 is 10.5 Å². The number of benzene rings is 1. The van der Waals surface area contributed by atoms with Crippen LogP contribution in [0.2, 0.25) is 0 Å². The van der Waals surface area contributed by atoms with E-state index in [1.54, 1.807) is 28.0 Å². The number of rotatable bonds is 3. The highest BCUT2D eigenvalue weighted by Crippen LogP contribution is 2.32. The Morgan fingerprint density at radius 3 is 3.16 bits per heavy atom. The minimum atomic E-state index is -0.329. The number of fused-ring (bicyclic) bond motifs is 1. The highest BCUT2D eigenvalue weighted by Gasteiger charge is 2.31. The highest BCUT2D eigenvalue weighted by atomic mass is 32.2. The van der Waals surface area contributed by atoms with E-state index < -0.39 is 0 Å². The summed E-state index contributed by atoms with van der Waals surface area (Å²) in [6.45, 7) is 0.858. The zero-order valence-corrected chi connectivity index (χ0v) is 12.0. The van der Waals surface area contributed by atoms with E-state index >= 15 is 0 Å². The van der Waals surface area contributed by atoms with Crippen molar-refractivity contribution in [3.63, 3.8) is 0 Å². The van der Waals surface area contributed by atoms with Crippen LogP contribution in [0.15, 0.2) is 22.5 Å². The lowest BCUT2D eigenvalue weighted by Gasteiger charge is -2.12. The smallest absolute Gasteiger partial charge is 0.414 e. The molecule has 1 saturated heterocycles. The van der Waals surface area contributed by atoms with Gasteiger partial charge in [-0.3, -0.25) is 4.90 Å². The average molecular weight is 295 g/mol. The van der Waals surface area contributed by atoms with Gasteiger partial charge in [-0.1, -0.05) is 11.8 Å². The van der Waals surface area contributed by atoms with Crippen molar-refractivity contribution in [2.75, 3.05) is 24.2 Å². The summed E-state index contributed by atoms with van der Waals surface area (Å²) >= 11 is 3.25. The first-order valence-corrected chi connectivity index (χ1v) is 7.88. The maximum absolute atomic E-state index is 11.8. The first kappa shape index (κ1) is 12.7. The molecule has 1 aromatic heterocycles. The van der Waals surface area contributed by atoms with Crippen LogP contribution < -0.4 is 10.6 Å². The summed E-state index contributed by atoms with van der Waals surface area (Å²) in [4.78, 5) is 17.9. The molecule has 0 spiro atoms. The molecule has 5 nitrogen and oxygen atoms in total. The minimum Gasteiger partial charge on any atom is -0.443 e. The van der Waals surface area contributed by atoms with Crippen LogP contribution in [0.25, 0.3) is 10.2 Å². The number of thioether (sulfide) groups is 1. The van der Waals surface area contributed by atoms with E-state index in [1.807, 2.05) is 24.5 Å². The van der Waals surface area contributed by atoms with Gasteiger partial charge >= 0.3 is 6.09 Å². The summed E-state index contributed by atoms with van der Waals surface area (Å²) in [5.41, 5.74) is 7.33. The number of nitrogens with zero attached hydrogens (tertiary/aromatic N) is 2. The molecule has 1 atom stereocenters. The number of cyclic esters (lactones) is 1. The average Bonchev–Trinajstić information content (AvgIpc) is 3.00. The molecule has 19 heavy (non-hydrogen) atoms. The van der Waals surface area contributed by atoms with Crippen molar-refractivity contribution in [1.29, 1.82) is 0 Å². The summed E-state index contributed by atoms with van der Waals surface area (Å²) < 4.78 is 7.26. The molecule has 1 aliphatic heterocycles. The fourth-order valence-corrected chi connectivity index (χ4v) is 3.52. The van der Waals surface area contributed by atoms with E-state index in [2.05, 4.69) is 4.98 Å². The van der Waals surface area contributed by atoms with Gasteiger partial charge in [0.1, 0.15) is 6.10 Å². The van der Waals surface area contributed by atoms with Crippen LogP contribution in [0.1, 0.15) is 0 Å². The molecule has 3 rings (SSSR count). The summed E-state index contributed by atoms with van der Waals surface area (Å²) in [6, 6.07) is 5.81. The van der Waals surface area contributed by atoms with Crippen LogP contribution in [-0.2, 0) is 4.74 Å². The first-order chi connectivity index (χ1) is 9.21. The molecule has 1 aromatic carbocycles. The van der Waals surface area contributed by atoms with E-state index in [-0.39, 0.29) is 12.2 Å². The van der Waals surface area contributed by atoms with Crippen molar-refractivity contribution >= 4 is 45.1 Å². The molecular weight excluding hydrogens is 282 g/mol. The molecular formula is C12H13N3O2S2. The Bertz CT molecular complexity index is 628. The Morgan fingerprint density at radius 2 is 2.47 bits per heavy atom. The number of anilines is 1. The quantitative estimate of drug-likeness (QED) is 0.880. The van der Waals surface area contributed by atoms with Crippen LogP contribution in [0, 0.1) is 0 Å². The maximum atomic E-state index is 11.8. The Hall–Kier alpha value is -1.31. The van der Waals surface area contributed by atoms with Crippen molar-refractivity contribution in [2.24, 2.45) is 5.73 Å². The monoisotopic (exact) mass is 295 g/mol. The number of carbonyl (C=O) groups excluding carboxylic acids is 1. The standard InChI is InChI=1S/C12H13N3O2S2/c1-18-11-14-9-3-2-7(4-10(9)19-11)15-6-8(5-13)17-12(15)16/h2-4,8H,5-6,13H2,1H3/t8-/m0/s1. The molecule has 0 radical (unpaired) electrons. The van der Waals surface area contributed by atoms with Gasteiger partial charge in [0.15, 0.2) is 4.34 Å². The van der Waals surface area contributed by atoms with Gasteiger partial charge in [-0.15, -0.1) is 11.3 Å². The second-order valence-electron chi connectivity index (χ2n) is 4.19. The fourth-order valence-electron chi connectivity index (χ4n) is 2.00. The van der Waals surface area contributed by atoms with Gasteiger partial charge in [-0.05, 0) is 24.5 Å². The number of aromatic nitrogens is 1. The number of amides is 1. The fraction of sp³-hybridized carbons (Fsp3) is 0.333. The third-order valence-corrected chi connectivity index (χ3v) is 4.98. The second kappa shape index (κ2) is 4.99. The van der Waals surface area contributed by atoms with E-state index in [4.69, 9.17) is 10.5 Å². The number of hydrogen-bond donors (Lipinski definition) is 1. The molecule has 1 fully saturated rings. The lowest BCUT2D eigenvalue weighted by Crippen LogP contribution is -2.27. The minimum absolute atomic E-state index is 0.216. The van der Waals surface area contributed by atoms with Crippen LogP contribution in [-0.4, -0.2) is 36.5 Å². The van der Waals surface area contributed by atoms with Gasteiger partial charge in [-0.2, -0.15) is 0 Å². The lowest BCUT2D eigenvalue weighted by atomic mass is 10.2. The highest BCUT2D eigenvalue weighted by molar-refractivity contribution is 8.00. The number of thiazole rings is 1. The summed E-state index contributed by atoms with van der Waals surface area (Å²) in [5.74, 6) is 0. The van der Waals surface area contributed by atoms with Crippen LogP contribution in [0.4, 0.5) is 10.5 Å². The molecule has 1 aliphatic rings. The number of carbonyl (C=O) groups is 1. The molecule has 0 saturated carbocycles. The van der Waals surface area contributed by atoms with Gasteiger partial charge in [-0.25, -0.2) is 9.78 Å². The molecule has 0 bridgehead atoms. The Labute approximate surface area is 118 Å². The van der Waals surface area contributed by atoms with Crippen LogP contribution in [0.5, 0.6) is 0 Å². The van der Waals surface area contributed by atoms with Gasteiger partial charge in [0.05, 0.1) is 16.8 Å². The van der Waals surface area contributed by atoms with Crippen molar-refractivity contribution in [3.8, 4) is 0 Å². The van der Waals surface area contributed by atoms with E-state index in [9.17, 15) is 4.79 Å². The third-order valence-electron chi connectivity index (χ3n) is 2.98. The Balaban J connectivity index is 1.94. The van der Waals surface area contributed by atoms with E-state index in [0.717, 1.165) is 20.2 Å². The normalized spacial score (nSPS) is 19.2. The Morgan fingerprint density at radius 1 is 1.63 bits per heavy atom. The Kier molecular flexibility index (Phi) is 3.34. The first-order valence-electron chi connectivity index (χ1n) is 5.84. The van der Waals surface area contributed by atoms with E-state index in [0.29, 0.717) is 13.1 Å². The van der Waals surface area contributed by atoms with Crippen molar-refractivity contribution < 1.29 is 9.53 Å². The summed E-state index contributed by atoms with van der Waals surface area (Å²) in [6.07, 6.45) is 1.46. The van der Waals surface area contributed by atoms with Crippen molar-refractivity contribution in [3.05, 3.63) is 18.2 Å². The van der Waals surface area contributed by atoms with Crippen LogP contribution >= 0.6 is 23.1 Å². The number of hydrogen-bond acceptors (Lipinski definition) is 6.